The van der Waals surface area contributed by atoms with Gasteiger partial charge in [0.25, 0.3) is 5.91 Å². The van der Waals surface area contributed by atoms with E-state index >= 15 is 0 Å². The van der Waals surface area contributed by atoms with Gasteiger partial charge in [0, 0.05) is 18.7 Å². The van der Waals surface area contributed by atoms with Gasteiger partial charge in [-0.15, -0.1) is 0 Å². The van der Waals surface area contributed by atoms with Crippen molar-refractivity contribution in [2.75, 3.05) is 11.9 Å². The van der Waals surface area contributed by atoms with Crippen LogP contribution in [0, 0.1) is 0 Å². The van der Waals surface area contributed by atoms with Gasteiger partial charge in [0.15, 0.2) is 11.6 Å². The number of nitrogens with zero attached hydrogens (tertiary/aromatic N) is 2. The maximum atomic E-state index is 12.4. The van der Waals surface area contributed by atoms with Gasteiger partial charge in [-0.05, 0) is 37.3 Å². The molecule has 134 valence electrons. The Balaban J connectivity index is 1.83. The van der Waals surface area contributed by atoms with Crippen LogP contribution in [0.15, 0.2) is 47.1 Å². The number of carboxylic acid groups (broad SMARTS) is 1. The third-order valence-electron chi connectivity index (χ3n) is 3.67. The van der Waals surface area contributed by atoms with Gasteiger partial charge in [-0.25, -0.2) is 4.79 Å². The fourth-order valence-electron chi connectivity index (χ4n) is 2.49. The van der Waals surface area contributed by atoms with Crippen molar-refractivity contribution in [2.24, 2.45) is 7.05 Å². The Morgan fingerprint density at radius 1 is 1.31 bits per heavy atom. The monoisotopic (exact) mass is 355 g/mol. The summed E-state index contributed by atoms with van der Waals surface area (Å²) < 4.78 is 12.2. The summed E-state index contributed by atoms with van der Waals surface area (Å²) in [5.41, 5.74) is 0.816. The number of aromatic carboxylic acids is 1. The lowest BCUT2D eigenvalue weighted by molar-refractivity contribution is 0.0692. The van der Waals surface area contributed by atoms with Crippen LogP contribution in [0.4, 0.5) is 5.82 Å². The van der Waals surface area contributed by atoms with Crippen molar-refractivity contribution in [3.8, 4) is 17.2 Å². The highest BCUT2D eigenvalue weighted by Crippen LogP contribution is 2.24. The van der Waals surface area contributed by atoms with Crippen molar-refractivity contribution in [2.45, 2.75) is 6.92 Å². The lowest BCUT2D eigenvalue weighted by atomic mass is 10.1. The second-order valence-electron chi connectivity index (χ2n) is 5.42. The summed E-state index contributed by atoms with van der Waals surface area (Å²) >= 11 is 0. The minimum absolute atomic E-state index is 0.0724. The number of aromatic nitrogens is 2. The number of carboxylic acids is 1. The van der Waals surface area contributed by atoms with Crippen LogP contribution in [0.1, 0.15) is 27.6 Å². The van der Waals surface area contributed by atoms with Crippen LogP contribution in [0.3, 0.4) is 0 Å². The molecule has 3 aromatic rings. The molecule has 8 nitrogen and oxygen atoms in total. The van der Waals surface area contributed by atoms with Gasteiger partial charge in [-0.2, -0.15) is 5.10 Å². The van der Waals surface area contributed by atoms with Gasteiger partial charge in [0.05, 0.1) is 12.9 Å². The summed E-state index contributed by atoms with van der Waals surface area (Å²) in [6.07, 6.45) is 1.55. The number of rotatable bonds is 6. The minimum atomic E-state index is -1.17. The fourth-order valence-corrected chi connectivity index (χ4v) is 2.49. The smallest absolute Gasteiger partial charge is 0.339 e. The summed E-state index contributed by atoms with van der Waals surface area (Å²) in [7, 11) is 1.73. The zero-order valence-corrected chi connectivity index (χ0v) is 14.2. The van der Waals surface area contributed by atoms with Crippen LogP contribution in [-0.4, -0.2) is 33.4 Å². The van der Waals surface area contributed by atoms with E-state index in [0.29, 0.717) is 23.9 Å². The molecule has 2 N–H and O–H groups in total. The van der Waals surface area contributed by atoms with E-state index in [1.807, 2.05) is 0 Å². The van der Waals surface area contributed by atoms with Crippen molar-refractivity contribution >= 4 is 17.7 Å². The average Bonchev–Trinajstić information content (AvgIpc) is 3.24. The number of hydrogen-bond acceptors (Lipinski definition) is 5. The zero-order valence-electron chi connectivity index (χ0n) is 14.2. The number of ether oxygens (including phenoxy) is 1. The molecule has 2 aromatic heterocycles. The summed E-state index contributed by atoms with van der Waals surface area (Å²) in [5.74, 6) is -0.473. The van der Waals surface area contributed by atoms with Crippen LogP contribution in [0.2, 0.25) is 0 Å². The normalized spacial score (nSPS) is 10.5. The van der Waals surface area contributed by atoms with Gasteiger partial charge in [0.1, 0.15) is 17.0 Å². The van der Waals surface area contributed by atoms with Crippen molar-refractivity contribution in [3.05, 3.63) is 53.8 Å². The predicted molar refractivity (Wildman–Crippen MR) is 93.4 cm³/mol. The number of benzene rings is 1. The molecule has 2 heterocycles. The van der Waals surface area contributed by atoms with Gasteiger partial charge < -0.3 is 19.6 Å². The Labute approximate surface area is 149 Å². The molecule has 1 amide bonds. The minimum Gasteiger partial charge on any atom is -0.493 e. The maximum Gasteiger partial charge on any atom is 0.339 e. The van der Waals surface area contributed by atoms with Crippen molar-refractivity contribution in [1.29, 1.82) is 0 Å². The largest absolute Gasteiger partial charge is 0.493 e. The summed E-state index contributed by atoms with van der Waals surface area (Å²) in [6, 6.07) is 9.46. The number of carbonyl (C=O) groups is 2. The molecule has 0 saturated heterocycles. The second-order valence-corrected chi connectivity index (χ2v) is 5.42. The molecular formula is C18H17N3O5. The van der Waals surface area contributed by atoms with E-state index in [4.69, 9.17) is 9.15 Å². The number of nitrogens with one attached hydrogen (secondary N) is 1. The first-order chi connectivity index (χ1) is 12.5. The molecule has 26 heavy (non-hydrogen) atoms. The van der Waals surface area contributed by atoms with E-state index in [2.05, 4.69) is 10.4 Å². The lowest BCUT2D eigenvalue weighted by Crippen LogP contribution is -2.14. The van der Waals surface area contributed by atoms with Crippen LogP contribution in [0.25, 0.3) is 11.5 Å². The third-order valence-corrected chi connectivity index (χ3v) is 3.67. The molecule has 3 rings (SSSR count). The maximum absolute atomic E-state index is 12.4. The molecule has 8 heteroatoms. The van der Waals surface area contributed by atoms with E-state index in [1.165, 1.54) is 18.2 Å². The summed E-state index contributed by atoms with van der Waals surface area (Å²) in [4.78, 5) is 23.8. The van der Waals surface area contributed by atoms with Crippen molar-refractivity contribution in [1.82, 2.24) is 9.78 Å². The predicted octanol–water partition coefficient (Wildman–Crippen LogP) is 3.03. The van der Waals surface area contributed by atoms with Crippen LogP contribution >= 0.6 is 0 Å². The Bertz CT molecular complexity index is 944. The van der Waals surface area contributed by atoms with Crippen LogP contribution in [-0.2, 0) is 7.05 Å². The molecule has 0 aliphatic carbocycles. The molecule has 1 aromatic carbocycles. The Morgan fingerprint density at radius 2 is 2.12 bits per heavy atom. The Kier molecular flexibility index (Phi) is 4.74. The van der Waals surface area contributed by atoms with E-state index in [1.54, 1.807) is 43.1 Å². The number of furan rings is 1. The molecule has 0 aliphatic heterocycles. The number of aryl methyl sites for hydroxylation is 1. The first kappa shape index (κ1) is 17.3. The topological polar surface area (TPSA) is 107 Å². The number of amides is 1. The van der Waals surface area contributed by atoms with E-state index in [-0.39, 0.29) is 16.9 Å². The second kappa shape index (κ2) is 7.14. The van der Waals surface area contributed by atoms with Crippen LogP contribution < -0.4 is 10.1 Å². The van der Waals surface area contributed by atoms with Gasteiger partial charge in [0.2, 0.25) is 0 Å². The van der Waals surface area contributed by atoms with Gasteiger partial charge in [-0.1, -0.05) is 0 Å². The van der Waals surface area contributed by atoms with Crippen LogP contribution in [0.5, 0.6) is 5.75 Å². The average molecular weight is 355 g/mol. The molecule has 0 saturated carbocycles. The number of anilines is 1. The summed E-state index contributed by atoms with van der Waals surface area (Å²) in [6.45, 7) is 2.08. The molecule has 0 unspecified atom stereocenters. The number of hydrogen-bond donors (Lipinski definition) is 2. The van der Waals surface area contributed by atoms with Gasteiger partial charge >= 0.3 is 5.97 Å². The lowest BCUT2D eigenvalue weighted by Gasteiger charge is -2.09. The molecule has 0 fully saturated rings. The van der Waals surface area contributed by atoms with Crippen molar-refractivity contribution in [3.63, 3.8) is 0 Å². The van der Waals surface area contributed by atoms with E-state index < -0.39 is 11.9 Å². The summed E-state index contributed by atoms with van der Waals surface area (Å²) in [5, 5.41) is 16.2. The molecule has 0 bridgehead atoms. The number of carbonyl (C=O) groups excluding carboxylic acids is 1. The SMILES string of the molecule is CCOc1ccc(C(=O)Nc2cc(-c3ccco3)n(C)n2)cc1C(=O)O. The highest BCUT2D eigenvalue weighted by Gasteiger charge is 2.17. The highest BCUT2D eigenvalue weighted by molar-refractivity contribution is 6.05. The Morgan fingerprint density at radius 3 is 2.77 bits per heavy atom. The van der Waals surface area contributed by atoms with E-state index in [9.17, 15) is 14.7 Å². The first-order valence-electron chi connectivity index (χ1n) is 7.89. The standard InChI is InChI=1S/C18H17N3O5/c1-3-25-14-7-6-11(9-12(14)18(23)24)17(22)19-16-10-13(21(2)20-16)15-5-4-8-26-15/h4-10H,3H2,1-2H3,(H,23,24)(H,19,20,22). The zero-order chi connectivity index (χ0) is 18.7. The van der Waals surface area contributed by atoms with E-state index in [0.717, 1.165) is 0 Å². The highest BCUT2D eigenvalue weighted by atomic mass is 16.5. The third kappa shape index (κ3) is 3.44. The quantitative estimate of drug-likeness (QED) is 0.704. The molecule has 0 atom stereocenters. The fraction of sp³-hybridized carbons (Fsp3) is 0.167. The molecule has 0 radical (unpaired) electrons. The van der Waals surface area contributed by atoms with Gasteiger partial charge in [-0.3, -0.25) is 9.48 Å². The first-order valence-corrected chi connectivity index (χ1v) is 7.89. The van der Waals surface area contributed by atoms with Crippen molar-refractivity contribution < 1.29 is 23.8 Å². The molecular weight excluding hydrogens is 338 g/mol. The molecule has 0 aliphatic rings. The Hall–Kier alpha value is -3.55. The molecule has 0 spiro atoms.